The molecule has 0 saturated carbocycles. The summed E-state index contributed by atoms with van der Waals surface area (Å²) >= 11 is 3.38. The van der Waals surface area contributed by atoms with Crippen molar-refractivity contribution in [2.75, 3.05) is 5.75 Å². The Kier molecular flexibility index (Phi) is 4.99. The number of carboxylic acid groups (broad SMARTS) is 1. The van der Waals surface area contributed by atoms with Crippen LogP contribution in [0, 0.1) is 0 Å². The average Bonchev–Trinajstić information content (AvgIpc) is 2.84. The minimum absolute atomic E-state index is 0.0122. The number of thioether (sulfide) groups is 1. The standard InChI is InChI=1S/C14H15NO2S2/c1-2-18-8-10-3-5-11(6-4-10)14-15-12(9-19-14)7-13(16)17/h3-6,9H,2,7-8H2,1H3,(H,16,17). The largest absolute Gasteiger partial charge is 0.481 e. The number of rotatable bonds is 6. The molecule has 100 valence electrons. The number of nitrogens with zero attached hydrogens (tertiary/aromatic N) is 1. The Morgan fingerprint density at radius 2 is 2.11 bits per heavy atom. The van der Waals surface area contributed by atoms with Crippen molar-refractivity contribution >= 4 is 29.1 Å². The first-order valence-corrected chi connectivity index (χ1v) is 8.05. The van der Waals surface area contributed by atoms with Gasteiger partial charge in [-0.25, -0.2) is 4.98 Å². The second-order valence-electron chi connectivity index (χ2n) is 4.05. The Bertz CT molecular complexity index is 549. The molecule has 0 aliphatic carbocycles. The van der Waals surface area contributed by atoms with Gasteiger partial charge in [0.2, 0.25) is 0 Å². The molecule has 0 saturated heterocycles. The van der Waals surface area contributed by atoms with Crippen LogP contribution in [-0.2, 0) is 17.0 Å². The highest BCUT2D eigenvalue weighted by Crippen LogP contribution is 2.25. The summed E-state index contributed by atoms with van der Waals surface area (Å²) in [4.78, 5) is 15.0. The van der Waals surface area contributed by atoms with E-state index in [-0.39, 0.29) is 6.42 Å². The fourth-order valence-corrected chi connectivity index (χ4v) is 3.10. The van der Waals surface area contributed by atoms with E-state index in [1.54, 1.807) is 0 Å². The zero-order chi connectivity index (χ0) is 13.7. The molecule has 0 spiro atoms. The van der Waals surface area contributed by atoms with E-state index >= 15 is 0 Å². The predicted octanol–water partition coefficient (Wildman–Crippen LogP) is 3.69. The van der Waals surface area contributed by atoms with Crippen LogP contribution in [0.4, 0.5) is 0 Å². The van der Waals surface area contributed by atoms with Gasteiger partial charge in [0.25, 0.3) is 0 Å². The summed E-state index contributed by atoms with van der Waals surface area (Å²) in [7, 11) is 0. The quantitative estimate of drug-likeness (QED) is 0.882. The number of aromatic nitrogens is 1. The summed E-state index contributed by atoms with van der Waals surface area (Å²) in [6.07, 6.45) is -0.0122. The topological polar surface area (TPSA) is 50.2 Å². The minimum atomic E-state index is -0.844. The SMILES string of the molecule is CCSCc1ccc(-c2nc(CC(=O)O)cs2)cc1. The second kappa shape index (κ2) is 6.73. The summed E-state index contributed by atoms with van der Waals surface area (Å²) in [5, 5.41) is 11.4. The smallest absolute Gasteiger partial charge is 0.309 e. The van der Waals surface area contributed by atoms with Gasteiger partial charge in [0, 0.05) is 16.7 Å². The monoisotopic (exact) mass is 293 g/mol. The lowest BCUT2D eigenvalue weighted by molar-refractivity contribution is -0.136. The molecule has 0 fully saturated rings. The van der Waals surface area contributed by atoms with Gasteiger partial charge in [-0.05, 0) is 11.3 Å². The molecule has 2 rings (SSSR count). The number of carbonyl (C=O) groups is 1. The number of hydrogen-bond acceptors (Lipinski definition) is 4. The van der Waals surface area contributed by atoms with Crippen LogP contribution >= 0.6 is 23.1 Å². The van der Waals surface area contributed by atoms with Crippen molar-refractivity contribution < 1.29 is 9.90 Å². The average molecular weight is 293 g/mol. The minimum Gasteiger partial charge on any atom is -0.481 e. The van der Waals surface area contributed by atoms with E-state index in [1.165, 1.54) is 16.9 Å². The lowest BCUT2D eigenvalue weighted by atomic mass is 10.1. The molecule has 0 atom stereocenters. The van der Waals surface area contributed by atoms with Crippen LogP contribution in [-0.4, -0.2) is 21.8 Å². The van der Waals surface area contributed by atoms with Crippen LogP contribution < -0.4 is 0 Å². The van der Waals surface area contributed by atoms with E-state index in [0.717, 1.165) is 22.1 Å². The van der Waals surface area contributed by atoms with Crippen molar-refractivity contribution in [2.45, 2.75) is 19.1 Å². The zero-order valence-electron chi connectivity index (χ0n) is 10.6. The molecule has 0 aliphatic heterocycles. The molecule has 0 radical (unpaired) electrons. The molecule has 1 heterocycles. The summed E-state index contributed by atoms with van der Waals surface area (Å²) in [5.74, 6) is 1.30. The molecule has 5 heteroatoms. The van der Waals surface area contributed by atoms with Crippen LogP contribution in [0.1, 0.15) is 18.2 Å². The highest BCUT2D eigenvalue weighted by Gasteiger charge is 2.07. The van der Waals surface area contributed by atoms with E-state index < -0.39 is 5.97 Å². The van der Waals surface area contributed by atoms with E-state index in [1.807, 2.05) is 17.1 Å². The van der Waals surface area contributed by atoms with Gasteiger partial charge in [-0.2, -0.15) is 11.8 Å². The Morgan fingerprint density at radius 1 is 1.37 bits per heavy atom. The van der Waals surface area contributed by atoms with Gasteiger partial charge in [-0.3, -0.25) is 4.79 Å². The fraction of sp³-hybridized carbons (Fsp3) is 0.286. The van der Waals surface area contributed by atoms with Gasteiger partial charge in [-0.15, -0.1) is 11.3 Å². The zero-order valence-corrected chi connectivity index (χ0v) is 12.3. The van der Waals surface area contributed by atoms with Gasteiger partial charge in [-0.1, -0.05) is 31.2 Å². The lowest BCUT2D eigenvalue weighted by Crippen LogP contribution is -1.99. The summed E-state index contributed by atoms with van der Waals surface area (Å²) in [6.45, 7) is 2.15. The van der Waals surface area contributed by atoms with Crippen molar-refractivity contribution in [1.82, 2.24) is 4.98 Å². The first-order chi connectivity index (χ1) is 9.19. The maximum absolute atomic E-state index is 10.6. The Balaban J connectivity index is 2.09. The molecule has 0 amide bonds. The van der Waals surface area contributed by atoms with Gasteiger partial charge in [0.1, 0.15) is 5.01 Å². The maximum atomic E-state index is 10.6. The Hall–Kier alpha value is -1.33. The van der Waals surface area contributed by atoms with E-state index in [4.69, 9.17) is 5.11 Å². The van der Waals surface area contributed by atoms with Crippen molar-refractivity contribution in [1.29, 1.82) is 0 Å². The fourth-order valence-electron chi connectivity index (χ4n) is 1.64. The molecule has 19 heavy (non-hydrogen) atoms. The number of benzene rings is 1. The highest BCUT2D eigenvalue weighted by atomic mass is 32.2. The van der Waals surface area contributed by atoms with Gasteiger partial charge < -0.3 is 5.11 Å². The van der Waals surface area contributed by atoms with Gasteiger partial charge in [0.15, 0.2) is 0 Å². The summed E-state index contributed by atoms with van der Waals surface area (Å²) in [6, 6.07) is 8.32. The molecule has 0 bridgehead atoms. The first-order valence-electron chi connectivity index (χ1n) is 6.02. The number of thiazole rings is 1. The third-order valence-corrected chi connectivity index (χ3v) is 4.44. The molecular formula is C14H15NO2S2. The molecule has 1 aromatic heterocycles. The van der Waals surface area contributed by atoms with Crippen molar-refractivity contribution in [3.8, 4) is 10.6 Å². The maximum Gasteiger partial charge on any atom is 0.309 e. The molecule has 0 unspecified atom stereocenters. The van der Waals surface area contributed by atoms with Crippen LogP contribution in [0.15, 0.2) is 29.6 Å². The van der Waals surface area contributed by atoms with Crippen LogP contribution in [0.3, 0.4) is 0 Å². The number of aliphatic carboxylic acids is 1. The van der Waals surface area contributed by atoms with Crippen LogP contribution in [0.2, 0.25) is 0 Å². The second-order valence-corrected chi connectivity index (χ2v) is 6.18. The predicted molar refractivity (Wildman–Crippen MR) is 80.7 cm³/mol. The van der Waals surface area contributed by atoms with Crippen molar-refractivity contribution in [2.24, 2.45) is 0 Å². The third-order valence-electron chi connectivity index (χ3n) is 2.56. The Labute approximate surface area is 120 Å². The summed E-state index contributed by atoms with van der Waals surface area (Å²) in [5.41, 5.74) is 2.97. The normalized spacial score (nSPS) is 10.6. The molecule has 3 nitrogen and oxygen atoms in total. The van der Waals surface area contributed by atoms with Crippen LogP contribution in [0.25, 0.3) is 10.6 Å². The summed E-state index contributed by atoms with van der Waals surface area (Å²) < 4.78 is 0. The first kappa shape index (κ1) is 14.1. The molecule has 1 N–H and O–H groups in total. The van der Waals surface area contributed by atoms with E-state index in [2.05, 4.69) is 36.2 Å². The van der Waals surface area contributed by atoms with E-state index in [0.29, 0.717) is 5.69 Å². The van der Waals surface area contributed by atoms with Gasteiger partial charge >= 0.3 is 5.97 Å². The van der Waals surface area contributed by atoms with Crippen molar-refractivity contribution in [3.63, 3.8) is 0 Å². The van der Waals surface area contributed by atoms with Crippen molar-refractivity contribution in [3.05, 3.63) is 40.9 Å². The van der Waals surface area contributed by atoms with Crippen LogP contribution in [0.5, 0.6) is 0 Å². The Morgan fingerprint density at radius 3 is 2.74 bits per heavy atom. The van der Waals surface area contributed by atoms with E-state index in [9.17, 15) is 4.79 Å². The molecular weight excluding hydrogens is 278 g/mol. The number of hydrogen-bond donors (Lipinski definition) is 1. The van der Waals surface area contributed by atoms with Gasteiger partial charge in [0.05, 0.1) is 12.1 Å². The number of carboxylic acids is 1. The molecule has 2 aromatic rings. The molecule has 1 aromatic carbocycles. The highest BCUT2D eigenvalue weighted by molar-refractivity contribution is 7.98. The molecule has 0 aliphatic rings. The lowest BCUT2D eigenvalue weighted by Gasteiger charge is -2.01. The third kappa shape index (κ3) is 4.08.